The van der Waals surface area contributed by atoms with Gasteiger partial charge >= 0.3 is 17.9 Å². The van der Waals surface area contributed by atoms with E-state index in [-0.39, 0.29) is 37.5 Å². The summed E-state index contributed by atoms with van der Waals surface area (Å²) in [5.41, 5.74) is 0. The maximum absolute atomic E-state index is 12.7. The van der Waals surface area contributed by atoms with Crippen LogP contribution in [0.4, 0.5) is 0 Å². The van der Waals surface area contributed by atoms with Crippen LogP contribution in [0.25, 0.3) is 0 Å². The molecule has 0 radical (unpaired) electrons. The molecule has 0 aliphatic rings. The van der Waals surface area contributed by atoms with Gasteiger partial charge in [-0.2, -0.15) is 0 Å². The van der Waals surface area contributed by atoms with Crippen molar-refractivity contribution < 1.29 is 28.6 Å². The normalized spacial score (nSPS) is 12.1. The number of rotatable bonds is 41. The van der Waals surface area contributed by atoms with Gasteiger partial charge in [0.05, 0.1) is 0 Å². The van der Waals surface area contributed by atoms with Gasteiger partial charge in [0, 0.05) is 19.3 Å². The Bertz CT molecular complexity index is 865. The molecule has 0 saturated heterocycles. The Hall–Kier alpha value is -2.11. The molecule has 1 unspecified atom stereocenters. The highest BCUT2D eigenvalue weighted by atomic mass is 16.6. The number of unbranched alkanes of at least 4 members (excludes halogenated alkanes) is 26. The lowest BCUT2D eigenvalue weighted by atomic mass is 10.0. The molecule has 310 valence electrons. The molecule has 0 amide bonds. The van der Waals surface area contributed by atoms with Gasteiger partial charge in [-0.3, -0.25) is 14.4 Å². The molecular formula is C47H86O6. The van der Waals surface area contributed by atoms with Gasteiger partial charge in [-0.05, 0) is 38.5 Å². The van der Waals surface area contributed by atoms with Crippen molar-refractivity contribution >= 4 is 17.9 Å². The van der Waals surface area contributed by atoms with Crippen molar-refractivity contribution in [2.24, 2.45) is 0 Å². The van der Waals surface area contributed by atoms with E-state index in [1.807, 2.05) is 6.08 Å². The maximum atomic E-state index is 12.7. The minimum Gasteiger partial charge on any atom is -0.462 e. The highest BCUT2D eigenvalue weighted by Crippen LogP contribution is 2.15. The molecule has 6 nitrogen and oxygen atoms in total. The quantitative estimate of drug-likeness (QED) is 0.0268. The summed E-state index contributed by atoms with van der Waals surface area (Å²) in [6.07, 6.45) is 46.0. The summed E-state index contributed by atoms with van der Waals surface area (Å²) in [6, 6.07) is 0. The Morgan fingerprint density at radius 2 is 0.717 bits per heavy atom. The molecule has 0 heterocycles. The average molecular weight is 747 g/mol. The monoisotopic (exact) mass is 747 g/mol. The SMILES string of the molecule is CCCCCCCC/C=C\C/C=C\CCC(=O)OCC(COC(=O)CCCCCCCCCCC)OC(=O)CCCCCCCCCCCCCCC. The van der Waals surface area contributed by atoms with Crippen LogP contribution < -0.4 is 0 Å². The summed E-state index contributed by atoms with van der Waals surface area (Å²) in [7, 11) is 0. The van der Waals surface area contributed by atoms with Crippen LogP contribution in [-0.2, 0) is 28.6 Å². The molecule has 0 bridgehead atoms. The number of hydrogen-bond acceptors (Lipinski definition) is 6. The average Bonchev–Trinajstić information content (AvgIpc) is 3.15. The van der Waals surface area contributed by atoms with Crippen LogP contribution in [0.2, 0.25) is 0 Å². The second kappa shape index (κ2) is 42.6. The molecule has 0 spiro atoms. The lowest BCUT2D eigenvalue weighted by Crippen LogP contribution is -2.30. The van der Waals surface area contributed by atoms with Gasteiger partial charge in [0.25, 0.3) is 0 Å². The van der Waals surface area contributed by atoms with E-state index in [1.54, 1.807) is 0 Å². The number of allylic oxidation sites excluding steroid dienone is 4. The predicted octanol–water partition coefficient (Wildman–Crippen LogP) is 14.4. The summed E-state index contributed by atoms with van der Waals surface area (Å²) in [5.74, 6) is -0.952. The second-order valence-corrected chi connectivity index (χ2v) is 15.3. The Morgan fingerprint density at radius 1 is 0.377 bits per heavy atom. The van der Waals surface area contributed by atoms with Crippen molar-refractivity contribution in [1.82, 2.24) is 0 Å². The van der Waals surface area contributed by atoms with Crippen LogP contribution in [-0.4, -0.2) is 37.2 Å². The third kappa shape index (κ3) is 40.9. The van der Waals surface area contributed by atoms with Crippen molar-refractivity contribution in [3.63, 3.8) is 0 Å². The number of ether oxygens (including phenoxy) is 3. The molecule has 0 aliphatic heterocycles. The van der Waals surface area contributed by atoms with Crippen molar-refractivity contribution in [3.8, 4) is 0 Å². The number of esters is 3. The Labute approximate surface area is 328 Å². The molecule has 6 heteroatoms. The predicted molar refractivity (Wildman–Crippen MR) is 224 cm³/mol. The highest BCUT2D eigenvalue weighted by molar-refractivity contribution is 5.71. The lowest BCUT2D eigenvalue weighted by molar-refractivity contribution is -0.166. The zero-order valence-electron chi connectivity index (χ0n) is 35.3. The van der Waals surface area contributed by atoms with E-state index in [0.29, 0.717) is 19.3 Å². The van der Waals surface area contributed by atoms with E-state index in [2.05, 4.69) is 39.0 Å². The summed E-state index contributed by atoms with van der Waals surface area (Å²) >= 11 is 0. The fraction of sp³-hybridized carbons (Fsp3) is 0.851. The third-order valence-corrected chi connectivity index (χ3v) is 9.97. The molecule has 0 rings (SSSR count). The molecule has 0 aliphatic carbocycles. The lowest BCUT2D eigenvalue weighted by Gasteiger charge is -2.18. The molecule has 0 aromatic heterocycles. The van der Waals surface area contributed by atoms with E-state index in [0.717, 1.165) is 51.4 Å². The minimum absolute atomic E-state index is 0.0845. The van der Waals surface area contributed by atoms with E-state index in [9.17, 15) is 14.4 Å². The molecule has 0 fully saturated rings. The van der Waals surface area contributed by atoms with E-state index in [1.165, 1.54) is 141 Å². The van der Waals surface area contributed by atoms with E-state index >= 15 is 0 Å². The fourth-order valence-electron chi connectivity index (χ4n) is 6.49. The second-order valence-electron chi connectivity index (χ2n) is 15.3. The largest absolute Gasteiger partial charge is 0.462 e. The van der Waals surface area contributed by atoms with Crippen molar-refractivity contribution in [2.45, 2.75) is 245 Å². The van der Waals surface area contributed by atoms with Gasteiger partial charge < -0.3 is 14.2 Å². The first kappa shape index (κ1) is 50.9. The summed E-state index contributed by atoms with van der Waals surface area (Å²) in [4.78, 5) is 37.6. The molecule has 0 saturated carbocycles. The van der Waals surface area contributed by atoms with Gasteiger partial charge in [0.2, 0.25) is 0 Å². The topological polar surface area (TPSA) is 78.9 Å². The Morgan fingerprint density at radius 3 is 1.15 bits per heavy atom. The van der Waals surface area contributed by atoms with Crippen LogP contribution in [0.3, 0.4) is 0 Å². The van der Waals surface area contributed by atoms with Gasteiger partial charge in [-0.15, -0.1) is 0 Å². The Balaban J connectivity index is 4.40. The number of carbonyl (C=O) groups excluding carboxylic acids is 3. The number of hydrogen-bond donors (Lipinski definition) is 0. The molecule has 0 N–H and O–H groups in total. The van der Waals surface area contributed by atoms with Crippen LogP contribution in [0.15, 0.2) is 24.3 Å². The first-order valence-corrected chi connectivity index (χ1v) is 22.8. The van der Waals surface area contributed by atoms with Crippen LogP contribution in [0, 0.1) is 0 Å². The molecule has 0 aromatic rings. The standard InChI is InChI=1S/C47H86O6/c1-4-7-10-13-16-19-21-23-25-28-31-34-37-40-46(49)52-43-44(42-51-45(48)39-36-33-30-27-18-15-12-9-6-3)53-47(50)41-38-35-32-29-26-24-22-20-17-14-11-8-5-2/h23,25,31,34,44H,4-22,24,26-30,32-33,35-43H2,1-3H3/b25-23-,34-31-. The zero-order chi connectivity index (χ0) is 38.7. The van der Waals surface area contributed by atoms with Crippen LogP contribution >= 0.6 is 0 Å². The molecule has 0 aromatic carbocycles. The molecular weight excluding hydrogens is 661 g/mol. The third-order valence-electron chi connectivity index (χ3n) is 9.97. The van der Waals surface area contributed by atoms with E-state index in [4.69, 9.17) is 14.2 Å². The van der Waals surface area contributed by atoms with Crippen molar-refractivity contribution in [2.75, 3.05) is 13.2 Å². The summed E-state index contributed by atoms with van der Waals surface area (Å²) in [5, 5.41) is 0. The van der Waals surface area contributed by atoms with Gasteiger partial charge in [-0.25, -0.2) is 0 Å². The first-order chi connectivity index (χ1) is 26.0. The van der Waals surface area contributed by atoms with E-state index < -0.39 is 6.10 Å². The zero-order valence-corrected chi connectivity index (χ0v) is 35.3. The first-order valence-electron chi connectivity index (χ1n) is 22.8. The van der Waals surface area contributed by atoms with Gasteiger partial charge in [0.15, 0.2) is 6.10 Å². The number of carbonyl (C=O) groups is 3. The maximum Gasteiger partial charge on any atom is 0.306 e. The van der Waals surface area contributed by atoms with Crippen molar-refractivity contribution in [1.29, 1.82) is 0 Å². The molecule has 1 atom stereocenters. The minimum atomic E-state index is -0.784. The smallest absolute Gasteiger partial charge is 0.306 e. The summed E-state index contributed by atoms with van der Waals surface area (Å²) in [6.45, 7) is 6.56. The van der Waals surface area contributed by atoms with Crippen LogP contribution in [0.5, 0.6) is 0 Å². The highest BCUT2D eigenvalue weighted by Gasteiger charge is 2.19. The van der Waals surface area contributed by atoms with Crippen LogP contribution in [0.1, 0.15) is 239 Å². The Kier molecular flexibility index (Phi) is 40.9. The van der Waals surface area contributed by atoms with Gasteiger partial charge in [0.1, 0.15) is 13.2 Å². The van der Waals surface area contributed by atoms with Crippen molar-refractivity contribution in [3.05, 3.63) is 24.3 Å². The fourth-order valence-corrected chi connectivity index (χ4v) is 6.49. The summed E-state index contributed by atoms with van der Waals surface area (Å²) < 4.78 is 16.6. The van der Waals surface area contributed by atoms with Gasteiger partial charge in [-0.1, -0.05) is 206 Å². The molecule has 53 heavy (non-hydrogen) atoms.